The lowest BCUT2D eigenvalue weighted by Gasteiger charge is -2.57. The van der Waals surface area contributed by atoms with Gasteiger partial charge in [0.05, 0.1) is 0 Å². The van der Waals surface area contributed by atoms with E-state index in [-0.39, 0.29) is 0 Å². The number of fused-ring (bicyclic) bond motifs is 5. The molecule has 4 aliphatic carbocycles. The van der Waals surface area contributed by atoms with Crippen molar-refractivity contribution in [3.8, 4) is 0 Å². The molecule has 0 heterocycles. The lowest BCUT2D eigenvalue weighted by atomic mass is 9.47. The summed E-state index contributed by atoms with van der Waals surface area (Å²) in [5.74, 6) is 4.04. The summed E-state index contributed by atoms with van der Waals surface area (Å²) in [7, 11) is 0. The van der Waals surface area contributed by atoms with Crippen molar-refractivity contribution in [3.63, 3.8) is 0 Å². The Morgan fingerprint density at radius 2 is 1.85 bits per heavy atom. The van der Waals surface area contributed by atoms with Crippen LogP contribution in [0.25, 0.3) is 0 Å². The first-order chi connectivity index (χ1) is 9.56. The molecule has 0 heteroatoms. The number of rotatable bonds is 0. The Morgan fingerprint density at radius 3 is 2.70 bits per heavy atom. The predicted molar refractivity (Wildman–Crippen MR) is 85.5 cm³/mol. The molecule has 20 heavy (non-hydrogen) atoms. The van der Waals surface area contributed by atoms with Crippen LogP contribution in [0.3, 0.4) is 0 Å². The Balaban J connectivity index is 1.69. The third-order valence-corrected chi connectivity index (χ3v) is 8.49. The molecule has 6 atom stereocenters. The molecule has 112 valence electrons. The third kappa shape index (κ3) is 1.60. The van der Waals surface area contributed by atoms with Gasteiger partial charge in [0.25, 0.3) is 0 Å². The fourth-order valence-electron chi connectivity index (χ4n) is 6.96. The summed E-state index contributed by atoms with van der Waals surface area (Å²) >= 11 is 0. The zero-order valence-corrected chi connectivity index (χ0v) is 13.8. The van der Waals surface area contributed by atoms with Crippen LogP contribution >= 0.6 is 0 Å². The molecule has 3 saturated carbocycles. The molecular weight excluding hydrogens is 240 g/mol. The fraction of sp³-hybridized carbons (Fsp3) is 0.900. The van der Waals surface area contributed by atoms with Gasteiger partial charge in [0.2, 0.25) is 0 Å². The van der Waals surface area contributed by atoms with E-state index in [1.165, 1.54) is 57.8 Å². The molecule has 0 saturated heterocycles. The van der Waals surface area contributed by atoms with Crippen LogP contribution in [0.4, 0.5) is 0 Å². The van der Waals surface area contributed by atoms with Gasteiger partial charge in [-0.15, -0.1) is 0 Å². The number of hydrogen-bond donors (Lipinski definition) is 0. The van der Waals surface area contributed by atoms with Gasteiger partial charge >= 0.3 is 0 Å². The van der Waals surface area contributed by atoms with Crippen molar-refractivity contribution in [2.45, 2.75) is 78.6 Å². The van der Waals surface area contributed by atoms with Crippen LogP contribution in [-0.2, 0) is 0 Å². The van der Waals surface area contributed by atoms with Gasteiger partial charge in [-0.05, 0) is 85.9 Å². The minimum atomic E-state index is 0.592. The topological polar surface area (TPSA) is 0 Å². The molecule has 0 radical (unpaired) electrons. The van der Waals surface area contributed by atoms with E-state index in [1.807, 2.05) is 5.57 Å². The molecule has 0 unspecified atom stereocenters. The SMILES string of the molecule is C[C@H]1CC[C@H]2[C@@H]3CC=C4CCCC[C@]4(C)[C@H]3CC[C@]12C. The van der Waals surface area contributed by atoms with E-state index in [1.54, 1.807) is 0 Å². The summed E-state index contributed by atoms with van der Waals surface area (Å²) in [5, 5.41) is 0. The van der Waals surface area contributed by atoms with E-state index >= 15 is 0 Å². The second-order valence-corrected chi connectivity index (χ2v) is 8.99. The third-order valence-electron chi connectivity index (χ3n) is 8.49. The minimum absolute atomic E-state index is 0.592. The molecular formula is C20H32. The Morgan fingerprint density at radius 1 is 1.00 bits per heavy atom. The van der Waals surface area contributed by atoms with Crippen LogP contribution in [0.15, 0.2) is 11.6 Å². The molecule has 0 aromatic heterocycles. The maximum Gasteiger partial charge on any atom is -0.00853 e. The highest BCUT2D eigenvalue weighted by Crippen LogP contribution is 2.66. The lowest BCUT2D eigenvalue weighted by Crippen LogP contribution is -2.49. The highest BCUT2D eigenvalue weighted by Gasteiger charge is 2.57. The van der Waals surface area contributed by atoms with Crippen molar-refractivity contribution in [2.75, 3.05) is 0 Å². The second-order valence-electron chi connectivity index (χ2n) is 8.99. The summed E-state index contributed by atoms with van der Waals surface area (Å²) in [6.45, 7) is 7.80. The Bertz CT molecular complexity index is 433. The van der Waals surface area contributed by atoms with E-state index in [4.69, 9.17) is 0 Å². The van der Waals surface area contributed by atoms with Crippen molar-refractivity contribution in [1.82, 2.24) is 0 Å². The normalized spacial score (nSPS) is 54.6. The van der Waals surface area contributed by atoms with Gasteiger partial charge in [0, 0.05) is 0 Å². The quantitative estimate of drug-likeness (QED) is 0.476. The van der Waals surface area contributed by atoms with Crippen LogP contribution in [-0.4, -0.2) is 0 Å². The smallest absolute Gasteiger partial charge is 0.00853 e. The maximum absolute atomic E-state index is 2.70. The molecule has 0 aromatic carbocycles. The molecule has 0 nitrogen and oxygen atoms in total. The standard InChI is InChI=1S/C20H32/c1-14-7-10-17-16-9-8-15-6-4-5-12-20(15,3)18(16)11-13-19(14,17)2/h8,14,16-18H,4-7,9-13H2,1-3H3/t14-,16-,17-,18-,19+,20-/m0/s1. The zero-order valence-electron chi connectivity index (χ0n) is 13.8. The average molecular weight is 272 g/mol. The van der Waals surface area contributed by atoms with Crippen LogP contribution in [0.2, 0.25) is 0 Å². The van der Waals surface area contributed by atoms with Crippen LogP contribution < -0.4 is 0 Å². The van der Waals surface area contributed by atoms with Gasteiger partial charge in [0.15, 0.2) is 0 Å². The van der Waals surface area contributed by atoms with Crippen molar-refractivity contribution in [2.24, 2.45) is 34.5 Å². The lowest BCUT2D eigenvalue weighted by molar-refractivity contribution is -0.0384. The van der Waals surface area contributed by atoms with Gasteiger partial charge < -0.3 is 0 Å². The van der Waals surface area contributed by atoms with Gasteiger partial charge in [-0.1, -0.05) is 38.8 Å². The van der Waals surface area contributed by atoms with E-state index in [2.05, 4.69) is 26.8 Å². The number of hydrogen-bond acceptors (Lipinski definition) is 0. The molecule has 0 aliphatic heterocycles. The summed E-state index contributed by atoms with van der Waals surface area (Å²) in [6.07, 6.45) is 16.0. The molecule has 0 amide bonds. The first-order valence-corrected chi connectivity index (χ1v) is 9.25. The van der Waals surface area contributed by atoms with Crippen molar-refractivity contribution in [3.05, 3.63) is 11.6 Å². The molecule has 4 rings (SSSR count). The fourth-order valence-corrected chi connectivity index (χ4v) is 6.96. The van der Waals surface area contributed by atoms with Crippen LogP contribution in [0, 0.1) is 34.5 Å². The van der Waals surface area contributed by atoms with Crippen LogP contribution in [0.5, 0.6) is 0 Å². The summed E-state index contributed by atoms with van der Waals surface area (Å²) < 4.78 is 0. The Kier molecular flexibility index (Phi) is 2.93. The van der Waals surface area contributed by atoms with Crippen molar-refractivity contribution in [1.29, 1.82) is 0 Å². The molecule has 0 bridgehead atoms. The highest BCUT2D eigenvalue weighted by molar-refractivity contribution is 5.24. The average Bonchev–Trinajstić information content (AvgIpc) is 2.74. The molecule has 0 aromatic rings. The van der Waals surface area contributed by atoms with Crippen LogP contribution in [0.1, 0.15) is 78.6 Å². The number of allylic oxidation sites excluding steroid dienone is 2. The summed E-state index contributed by atoms with van der Waals surface area (Å²) in [6, 6.07) is 0. The highest BCUT2D eigenvalue weighted by atomic mass is 14.6. The monoisotopic (exact) mass is 272 g/mol. The van der Waals surface area contributed by atoms with Gasteiger partial charge in [-0.2, -0.15) is 0 Å². The van der Waals surface area contributed by atoms with E-state index in [0.717, 1.165) is 23.7 Å². The molecule has 0 N–H and O–H groups in total. The van der Waals surface area contributed by atoms with E-state index in [9.17, 15) is 0 Å². The van der Waals surface area contributed by atoms with Gasteiger partial charge in [0.1, 0.15) is 0 Å². The van der Waals surface area contributed by atoms with Gasteiger partial charge in [-0.3, -0.25) is 0 Å². The van der Waals surface area contributed by atoms with Gasteiger partial charge in [-0.25, -0.2) is 0 Å². The minimum Gasteiger partial charge on any atom is -0.0845 e. The Hall–Kier alpha value is -0.260. The summed E-state index contributed by atoms with van der Waals surface area (Å²) in [5.41, 5.74) is 3.13. The Labute approximate surface area is 125 Å². The van der Waals surface area contributed by atoms with E-state index in [0.29, 0.717) is 10.8 Å². The predicted octanol–water partition coefficient (Wildman–Crippen LogP) is 5.98. The largest absolute Gasteiger partial charge is 0.0845 e. The molecule has 0 spiro atoms. The van der Waals surface area contributed by atoms with Crippen molar-refractivity contribution < 1.29 is 0 Å². The molecule has 3 fully saturated rings. The second kappa shape index (κ2) is 4.37. The first-order valence-electron chi connectivity index (χ1n) is 9.25. The zero-order chi connectivity index (χ0) is 14.0. The molecule has 4 aliphatic rings. The summed E-state index contributed by atoms with van der Waals surface area (Å²) in [4.78, 5) is 0. The maximum atomic E-state index is 2.70. The first kappa shape index (κ1) is 13.4. The van der Waals surface area contributed by atoms with Crippen molar-refractivity contribution >= 4 is 0 Å². The van der Waals surface area contributed by atoms with E-state index < -0.39 is 0 Å².